The first kappa shape index (κ1) is 14.0. The molecule has 18 heavy (non-hydrogen) atoms. The van der Waals surface area contributed by atoms with Gasteiger partial charge in [-0.25, -0.2) is 0 Å². The molecule has 0 atom stereocenters. The number of carbonyl (C=O) groups is 2. The number of carbonyl (C=O) groups excluding carboxylic acids is 1. The number of carboxylic acids is 1. The molecular weight excluding hydrogens is 238 g/mol. The SMILES string of the molecule is COC(=O)CN(CC(=O)O)c1ccc(CO)cc1. The minimum absolute atomic E-state index is 0.0871. The maximum atomic E-state index is 11.2. The van der Waals surface area contributed by atoms with Crippen LogP contribution in [-0.4, -0.2) is 42.4 Å². The lowest BCUT2D eigenvalue weighted by atomic mass is 10.2. The Labute approximate surface area is 104 Å². The van der Waals surface area contributed by atoms with Gasteiger partial charge in [0, 0.05) is 5.69 Å². The number of aliphatic hydroxyl groups is 1. The molecule has 0 aliphatic carbocycles. The van der Waals surface area contributed by atoms with Crippen molar-refractivity contribution in [3.05, 3.63) is 29.8 Å². The lowest BCUT2D eigenvalue weighted by Gasteiger charge is -2.21. The van der Waals surface area contributed by atoms with Crippen LogP contribution in [0.2, 0.25) is 0 Å². The Morgan fingerprint density at radius 3 is 2.28 bits per heavy atom. The molecule has 1 aromatic rings. The third kappa shape index (κ3) is 4.06. The lowest BCUT2D eigenvalue weighted by Crippen LogP contribution is -2.35. The van der Waals surface area contributed by atoms with Crippen molar-refractivity contribution in [1.82, 2.24) is 0 Å². The molecule has 1 aromatic carbocycles. The second-order valence-electron chi connectivity index (χ2n) is 3.65. The molecule has 0 aliphatic heterocycles. The van der Waals surface area contributed by atoms with Crippen molar-refractivity contribution < 1.29 is 24.5 Å². The minimum Gasteiger partial charge on any atom is -0.480 e. The average molecular weight is 253 g/mol. The van der Waals surface area contributed by atoms with E-state index >= 15 is 0 Å². The minimum atomic E-state index is -1.04. The average Bonchev–Trinajstić information content (AvgIpc) is 2.37. The van der Waals surface area contributed by atoms with E-state index in [0.717, 1.165) is 0 Å². The molecule has 0 spiro atoms. The largest absolute Gasteiger partial charge is 0.480 e. The van der Waals surface area contributed by atoms with Crippen molar-refractivity contribution in [3.63, 3.8) is 0 Å². The van der Waals surface area contributed by atoms with E-state index in [2.05, 4.69) is 4.74 Å². The van der Waals surface area contributed by atoms with Crippen LogP contribution in [0, 0.1) is 0 Å². The van der Waals surface area contributed by atoms with Gasteiger partial charge in [0.25, 0.3) is 0 Å². The van der Waals surface area contributed by atoms with E-state index in [9.17, 15) is 9.59 Å². The van der Waals surface area contributed by atoms with Crippen LogP contribution in [-0.2, 0) is 20.9 Å². The van der Waals surface area contributed by atoms with Gasteiger partial charge in [-0.3, -0.25) is 9.59 Å². The zero-order valence-corrected chi connectivity index (χ0v) is 10.00. The summed E-state index contributed by atoms with van der Waals surface area (Å²) in [4.78, 5) is 23.3. The highest BCUT2D eigenvalue weighted by molar-refractivity contribution is 5.80. The summed E-state index contributed by atoms with van der Waals surface area (Å²) in [6, 6.07) is 6.64. The number of esters is 1. The van der Waals surface area contributed by atoms with Crippen molar-refractivity contribution in [2.24, 2.45) is 0 Å². The van der Waals surface area contributed by atoms with E-state index in [1.54, 1.807) is 24.3 Å². The Morgan fingerprint density at radius 1 is 1.22 bits per heavy atom. The van der Waals surface area contributed by atoms with Gasteiger partial charge < -0.3 is 19.8 Å². The summed E-state index contributed by atoms with van der Waals surface area (Å²) in [6.45, 7) is -0.523. The molecule has 0 fully saturated rings. The van der Waals surface area contributed by atoms with Gasteiger partial charge in [-0.05, 0) is 17.7 Å². The van der Waals surface area contributed by atoms with E-state index in [1.807, 2.05) is 0 Å². The number of aliphatic carboxylic acids is 1. The second-order valence-corrected chi connectivity index (χ2v) is 3.65. The predicted octanol–water partition coefficient (Wildman–Crippen LogP) is 0.243. The van der Waals surface area contributed by atoms with Crippen LogP contribution in [0.25, 0.3) is 0 Å². The molecule has 0 radical (unpaired) electrons. The number of aliphatic hydroxyl groups excluding tert-OH is 1. The van der Waals surface area contributed by atoms with Gasteiger partial charge in [0.1, 0.15) is 13.1 Å². The lowest BCUT2D eigenvalue weighted by molar-refractivity contribution is -0.139. The van der Waals surface area contributed by atoms with E-state index < -0.39 is 11.9 Å². The predicted molar refractivity (Wildman–Crippen MR) is 64.2 cm³/mol. The van der Waals surface area contributed by atoms with Crippen molar-refractivity contribution in [3.8, 4) is 0 Å². The fourth-order valence-corrected chi connectivity index (χ4v) is 1.43. The van der Waals surface area contributed by atoms with Crippen LogP contribution in [0.4, 0.5) is 5.69 Å². The molecule has 6 nitrogen and oxygen atoms in total. The van der Waals surface area contributed by atoms with Gasteiger partial charge in [-0.15, -0.1) is 0 Å². The summed E-state index contributed by atoms with van der Waals surface area (Å²) in [5.74, 6) is -1.55. The number of carboxylic acid groups (broad SMARTS) is 1. The molecule has 98 valence electrons. The number of rotatable bonds is 6. The number of methoxy groups -OCH3 is 1. The normalized spacial score (nSPS) is 9.89. The van der Waals surface area contributed by atoms with Crippen LogP contribution < -0.4 is 4.90 Å². The first-order valence-electron chi connectivity index (χ1n) is 5.30. The van der Waals surface area contributed by atoms with Crippen LogP contribution >= 0.6 is 0 Å². The van der Waals surface area contributed by atoms with Gasteiger partial charge in [0.2, 0.25) is 0 Å². The van der Waals surface area contributed by atoms with Gasteiger partial charge >= 0.3 is 11.9 Å². The summed E-state index contributed by atoms with van der Waals surface area (Å²) in [5.41, 5.74) is 1.30. The van der Waals surface area contributed by atoms with E-state index in [-0.39, 0.29) is 19.7 Å². The van der Waals surface area contributed by atoms with Gasteiger partial charge in [-0.1, -0.05) is 12.1 Å². The second kappa shape index (κ2) is 6.61. The molecule has 0 bridgehead atoms. The van der Waals surface area contributed by atoms with Gasteiger partial charge in [0.05, 0.1) is 13.7 Å². The summed E-state index contributed by atoms with van der Waals surface area (Å²) in [7, 11) is 1.25. The number of benzene rings is 1. The monoisotopic (exact) mass is 253 g/mol. The van der Waals surface area contributed by atoms with Gasteiger partial charge in [-0.2, -0.15) is 0 Å². The first-order chi connectivity index (χ1) is 8.56. The molecule has 0 heterocycles. The zero-order chi connectivity index (χ0) is 13.5. The highest BCUT2D eigenvalue weighted by Gasteiger charge is 2.14. The van der Waals surface area contributed by atoms with Crippen LogP contribution in [0.5, 0.6) is 0 Å². The third-order valence-electron chi connectivity index (χ3n) is 2.36. The fraction of sp³-hybridized carbons (Fsp3) is 0.333. The number of hydrogen-bond acceptors (Lipinski definition) is 5. The third-order valence-corrected chi connectivity index (χ3v) is 2.36. The Kier molecular flexibility index (Phi) is 5.13. The molecule has 1 rings (SSSR count). The summed E-state index contributed by atoms with van der Waals surface area (Å²) in [5, 5.41) is 17.7. The van der Waals surface area contributed by atoms with Crippen LogP contribution in [0.3, 0.4) is 0 Å². The fourth-order valence-electron chi connectivity index (χ4n) is 1.43. The van der Waals surface area contributed by atoms with Crippen molar-refractivity contribution in [1.29, 1.82) is 0 Å². The topological polar surface area (TPSA) is 87.1 Å². The number of ether oxygens (including phenoxy) is 1. The number of hydrogen-bond donors (Lipinski definition) is 2. The maximum absolute atomic E-state index is 11.2. The van der Waals surface area contributed by atoms with E-state index in [1.165, 1.54) is 12.0 Å². The number of nitrogens with zero attached hydrogens (tertiary/aromatic N) is 1. The van der Waals surface area contributed by atoms with E-state index in [0.29, 0.717) is 11.3 Å². The highest BCUT2D eigenvalue weighted by Crippen LogP contribution is 2.15. The Hall–Kier alpha value is -2.08. The Bertz CT molecular complexity index is 415. The van der Waals surface area contributed by atoms with Crippen LogP contribution in [0.1, 0.15) is 5.56 Å². The van der Waals surface area contributed by atoms with Crippen molar-refractivity contribution in [2.45, 2.75) is 6.61 Å². The Balaban J connectivity index is 2.86. The summed E-state index contributed by atoms with van der Waals surface area (Å²) >= 11 is 0. The molecule has 0 saturated carbocycles. The molecule has 0 aromatic heterocycles. The molecule has 0 aliphatic rings. The van der Waals surface area contributed by atoms with E-state index in [4.69, 9.17) is 10.2 Å². The standard InChI is InChI=1S/C12H15NO5/c1-18-12(17)7-13(6-11(15)16)10-4-2-9(8-14)3-5-10/h2-5,14H,6-8H2,1H3,(H,15,16). The Morgan fingerprint density at radius 2 is 1.83 bits per heavy atom. The highest BCUT2D eigenvalue weighted by atomic mass is 16.5. The maximum Gasteiger partial charge on any atom is 0.325 e. The smallest absolute Gasteiger partial charge is 0.325 e. The van der Waals surface area contributed by atoms with Crippen molar-refractivity contribution >= 4 is 17.6 Å². The van der Waals surface area contributed by atoms with Gasteiger partial charge in [0.15, 0.2) is 0 Å². The first-order valence-corrected chi connectivity index (χ1v) is 5.30. The summed E-state index contributed by atoms with van der Waals surface area (Å²) < 4.78 is 4.52. The zero-order valence-electron chi connectivity index (χ0n) is 10.00. The quantitative estimate of drug-likeness (QED) is 0.706. The van der Waals surface area contributed by atoms with Crippen LogP contribution in [0.15, 0.2) is 24.3 Å². The molecule has 0 unspecified atom stereocenters. The molecule has 0 amide bonds. The van der Waals surface area contributed by atoms with Crippen molar-refractivity contribution in [2.75, 3.05) is 25.1 Å². The molecule has 6 heteroatoms. The molecule has 2 N–H and O–H groups in total. The molecular formula is C12H15NO5. The summed E-state index contributed by atoms with van der Waals surface area (Å²) in [6.07, 6.45) is 0. The molecule has 0 saturated heterocycles. The number of anilines is 1.